The summed E-state index contributed by atoms with van der Waals surface area (Å²) in [6, 6.07) is 20.7. The van der Waals surface area contributed by atoms with Crippen molar-refractivity contribution in [2.24, 2.45) is 11.8 Å². The highest BCUT2D eigenvalue weighted by molar-refractivity contribution is 5.83. The second-order valence-corrected chi connectivity index (χ2v) is 15.3. The molecule has 14 nitrogen and oxygen atoms in total. The van der Waals surface area contributed by atoms with E-state index in [1.54, 1.807) is 9.80 Å². The van der Waals surface area contributed by atoms with Gasteiger partial charge in [-0.3, -0.25) is 19.4 Å². The van der Waals surface area contributed by atoms with Crippen molar-refractivity contribution < 1.29 is 29.0 Å². The van der Waals surface area contributed by atoms with Crippen LogP contribution in [0, 0.1) is 11.8 Å². The molecule has 4 aliphatic rings. The van der Waals surface area contributed by atoms with Crippen LogP contribution in [0.3, 0.4) is 0 Å². The van der Waals surface area contributed by atoms with E-state index in [1.807, 2.05) is 53.4 Å². The van der Waals surface area contributed by atoms with E-state index in [4.69, 9.17) is 14.7 Å². The molecule has 2 aromatic heterocycles. The van der Waals surface area contributed by atoms with Gasteiger partial charge in [-0.25, -0.2) is 19.6 Å². The number of carbonyl (C=O) groups is 4. The topological polar surface area (TPSA) is 168 Å². The molecule has 2 aliphatic carbocycles. The number of carbonyl (C=O) groups excluding carboxylic acids is 3. The molecule has 2 atom stereocenters. The number of benzene rings is 3. The van der Waals surface area contributed by atoms with E-state index in [-0.39, 0.29) is 36.8 Å². The molecule has 2 unspecified atom stereocenters. The van der Waals surface area contributed by atoms with Crippen LogP contribution in [0.2, 0.25) is 0 Å². The largest absolute Gasteiger partial charge is 0.465 e. The van der Waals surface area contributed by atoms with Crippen LogP contribution in [0.15, 0.2) is 66.7 Å². The van der Waals surface area contributed by atoms with E-state index in [0.29, 0.717) is 44.4 Å². The molecule has 284 valence electrons. The Balaban J connectivity index is 0.896. The maximum absolute atomic E-state index is 13.4. The Labute approximate surface area is 317 Å². The Morgan fingerprint density at radius 1 is 0.655 bits per heavy atom. The number of aromatic amines is 2. The van der Waals surface area contributed by atoms with Gasteiger partial charge in [0.25, 0.3) is 0 Å². The Bertz CT molecular complexity index is 2260. The molecule has 9 rings (SSSR count). The van der Waals surface area contributed by atoms with E-state index in [1.165, 1.54) is 4.90 Å². The first kappa shape index (κ1) is 34.8. The van der Waals surface area contributed by atoms with Gasteiger partial charge in [0.1, 0.15) is 30.3 Å². The van der Waals surface area contributed by atoms with Gasteiger partial charge in [-0.1, -0.05) is 42.5 Å². The summed E-state index contributed by atoms with van der Waals surface area (Å²) in [4.78, 5) is 74.7. The highest BCUT2D eigenvalue weighted by atomic mass is 16.6. The molecule has 0 spiro atoms. The summed E-state index contributed by atoms with van der Waals surface area (Å²) in [5, 5.41) is 9.93. The Kier molecular flexibility index (Phi) is 9.11. The number of rotatable bonds is 9. The van der Waals surface area contributed by atoms with Crippen molar-refractivity contribution in [2.45, 2.75) is 57.2 Å². The number of hydrogen-bond acceptors (Lipinski definition) is 7. The van der Waals surface area contributed by atoms with Crippen LogP contribution in [-0.4, -0.2) is 108 Å². The number of piperazine rings is 2. The number of hydrogen-bond donors (Lipinski definition) is 3. The van der Waals surface area contributed by atoms with Gasteiger partial charge in [0.05, 0.1) is 22.1 Å². The minimum absolute atomic E-state index is 0.0733. The fraction of sp³-hybridized carbons (Fsp3) is 0.415. The fourth-order valence-electron chi connectivity index (χ4n) is 7.93. The first-order chi connectivity index (χ1) is 26.8. The van der Waals surface area contributed by atoms with Crippen molar-refractivity contribution in [2.75, 3.05) is 39.3 Å². The van der Waals surface area contributed by atoms with Crippen molar-refractivity contribution in [3.8, 4) is 0 Å². The molecule has 3 aromatic carbocycles. The molecule has 2 aliphatic heterocycles. The van der Waals surface area contributed by atoms with Crippen LogP contribution in [0.5, 0.6) is 0 Å². The van der Waals surface area contributed by atoms with Gasteiger partial charge in [0.15, 0.2) is 0 Å². The standard InChI is InChI=1S/C41H44N8O6/c50-38(28-10-11-28)46-16-18-48(40(52)53)34(22-46)36-42-30-14-8-25(20-32(30)44-36)6-7-26-9-15-31-33(21-26)45-37(43-31)35-23-47(39(51)29-12-13-29)17-19-49(35)41(54)55-24-27-4-2-1-3-5-27/h1-5,8-9,14-15,20-21,28-29,34-35H,6-7,10-13,16-19,22-24H2,(H,42,44)(H,43,45)(H,52,53). The third-order valence-corrected chi connectivity index (χ3v) is 11.4. The molecule has 5 aromatic rings. The SMILES string of the molecule is O=C(C1CC1)N1CCN(C(=O)O)C(c2nc3ccc(CCc4ccc5nc(C6CN(C(=O)C7CC7)CCN6C(=O)OCc6ccccc6)[nH]c5c4)cc3[nH]2)C1. The number of ether oxygens (including phenoxy) is 1. The third kappa shape index (κ3) is 7.32. The van der Waals surface area contributed by atoms with Crippen molar-refractivity contribution in [3.63, 3.8) is 0 Å². The molecular formula is C41H44N8O6. The van der Waals surface area contributed by atoms with Gasteiger partial charge in [0, 0.05) is 51.1 Å². The minimum atomic E-state index is -1.02. The molecule has 4 amide bonds. The van der Waals surface area contributed by atoms with Crippen LogP contribution in [0.1, 0.15) is 66.1 Å². The smallest absolute Gasteiger partial charge is 0.410 e. The number of carboxylic acid groups (broad SMARTS) is 1. The summed E-state index contributed by atoms with van der Waals surface area (Å²) in [5.74, 6) is 1.58. The van der Waals surface area contributed by atoms with Crippen LogP contribution in [0.25, 0.3) is 22.1 Å². The number of H-pyrrole nitrogens is 2. The van der Waals surface area contributed by atoms with E-state index in [2.05, 4.69) is 28.2 Å². The highest BCUT2D eigenvalue weighted by Gasteiger charge is 2.42. The summed E-state index contributed by atoms with van der Waals surface area (Å²) < 4.78 is 5.73. The first-order valence-electron chi connectivity index (χ1n) is 19.3. The lowest BCUT2D eigenvalue weighted by atomic mass is 10.0. The zero-order chi connectivity index (χ0) is 37.6. The Morgan fingerprint density at radius 3 is 1.67 bits per heavy atom. The number of imidazole rings is 2. The second-order valence-electron chi connectivity index (χ2n) is 15.3. The highest BCUT2D eigenvalue weighted by Crippen LogP contribution is 2.35. The Morgan fingerprint density at radius 2 is 1.16 bits per heavy atom. The van der Waals surface area contributed by atoms with Crippen molar-refractivity contribution in [3.05, 3.63) is 95.1 Å². The van der Waals surface area contributed by atoms with Crippen molar-refractivity contribution in [1.29, 1.82) is 0 Å². The molecular weight excluding hydrogens is 701 g/mol. The first-order valence-corrected chi connectivity index (χ1v) is 19.3. The maximum Gasteiger partial charge on any atom is 0.410 e. The Hall–Kier alpha value is -5.92. The average molecular weight is 745 g/mol. The quantitative estimate of drug-likeness (QED) is 0.180. The van der Waals surface area contributed by atoms with E-state index >= 15 is 0 Å². The molecule has 55 heavy (non-hydrogen) atoms. The number of aromatic nitrogens is 4. The monoisotopic (exact) mass is 744 g/mol. The maximum atomic E-state index is 13.4. The predicted molar refractivity (Wildman–Crippen MR) is 202 cm³/mol. The summed E-state index contributed by atoms with van der Waals surface area (Å²) >= 11 is 0. The molecule has 2 saturated heterocycles. The van der Waals surface area contributed by atoms with Gasteiger partial charge >= 0.3 is 12.2 Å². The van der Waals surface area contributed by atoms with Crippen molar-refractivity contribution in [1.82, 2.24) is 39.5 Å². The average Bonchev–Trinajstić information content (AvgIpc) is 4.15. The van der Waals surface area contributed by atoms with Crippen LogP contribution in [-0.2, 0) is 33.8 Å². The number of nitrogens with one attached hydrogen (secondary N) is 2. The van der Waals surface area contributed by atoms with Gasteiger partial charge in [-0.2, -0.15) is 0 Å². The van der Waals surface area contributed by atoms with E-state index in [9.17, 15) is 24.3 Å². The van der Waals surface area contributed by atoms with Crippen LogP contribution in [0.4, 0.5) is 9.59 Å². The number of amides is 4. The molecule has 4 heterocycles. The molecule has 0 bridgehead atoms. The molecule has 3 N–H and O–H groups in total. The van der Waals surface area contributed by atoms with E-state index < -0.39 is 24.3 Å². The lowest BCUT2D eigenvalue weighted by Gasteiger charge is -2.40. The summed E-state index contributed by atoms with van der Waals surface area (Å²) in [6.07, 6.45) is 3.71. The predicted octanol–water partition coefficient (Wildman–Crippen LogP) is 5.43. The van der Waals surface area contributed by atoms with Gasteiger partial charge in [0.2, 0.25) is 11.8 Å². The molecule has 2 saturated carbocycles. The molecule has 0 radical (unpaired) electrons. The lowest BCUT2D eigenvalue weighted by Crippen LogP contribution is -2.53. The fourth-order valence-corrected chi connectivity index (χ4v) is 7.93. The zero-order valence-corrected chi connectivity index (χ0v) is 30.5. The molecule has 4 fully saturated rings. The van der Waals surface area contributed by atoms with Crippen LogP contribution < -0.4 is 0 Å². The van der Waals surface area contributed by atoms with Gasteiger partial charge in [-0.05, 0) is 79.5 Å². The van der Waals surface area contributed by atoms with Gasteiger partial charge in [-0.15, -0.1) is 0 Å². The number of nitrogens with zero attached hydrogens (tertiary/aromatic N) is 6. The summed E-state index contributed by atoms with van der Waals surface area (Å²) in [7, 11) is 0. The second kappa shape index (κ2) is 14.4. The molecule has 14 heteroatoms. The van der Waals surface area contributed by atoms with E-state index in [0.717, 1.165) is 77.3 Å². The van der Waals surface area contributed by atoms with Crippen LogP contribution >= 0.6 is 0 Å². The number of aryl methyl sites for hydroxylation is 2. The summed E-state index contributed by atoms with van der Waals surface area (Å²) in [6.45, 7) is 2.28. The minimum Gasteiger partial charge on any atom is -0.465 e. The summed E-state index contributed by atoms with van der Waals surface area (Å²) in [5.41, 5.74) is 6.33. The normalized spacial score (nSPS) is 20.3. The lowest BCUT2D eigenvalue weighted by molar-refractivity contribution is -0.136. The van der Waals surface area contributed by atoms with Gasteiger partial charge < -0.3 is 29.6 Å². The van der Waals surface area contributed by atoms with Crippen molar-refractivity contribution >= 4 is 46.1 Å². The zero-order valence-electron chi connectivity index (χ0n) is 30.5. The third-order valence-electron chi connectivity index (χ3n) is 11.4. The number of fused-ring (bicyclic) bond motifs is 2.